The molecule has 0 aliphatic carbocycles. The van der Waals surface area contributed by atoms with Gasteiger partial charge in [-0.2, -0.15) is 0 Å². The molecular weight excluding hydrogens is 256 g/mol. The number of rotatable bonds is 3. The SMILES string of the molecule is Cc1cccc(C)c1-c1cc(C(=O)O)cc(C(=O)O)c1. The third-order valence-electron chi connectivity index (χ3n) is 3.20. The minimum Gasteiger partial charge on any atom is -0.478 e. The summed E-state index contributed by atoms with van der Waals surface area (Å²) in [6.07, 6.45) is 0. The van der Waals surface area contributed by atoms with Gasteiger partial charge < -0.3 is 10.2 Å². The standard InChI is InChI=1S/C16H14O4/c1-9-4-3-5-10(2)14(9)11-6-12(15(17)18)8-13(7-11)16(19)20/h3-8H,1-2H3,(H,17,18)(H,19,20). The second-order valence-electron chi connectivity index (χ2n) is 4.68. The quantitative estimate of drug-likeness (QED) is 0.896. The topological polar surface area (TPSA) is 74.6 Å². The summed E-state index contributed by atoms with van der Waals surface area (Å²) in [7, 11) is 0. The molecule has 0 heterocycles. The lowest BCUT2D eigenvalue weighted by Gasteiger charge is -2.11. The zero-order valence-corrected chi connectivity index (χ0v) is 11.2. The summed E-state index contributed by atoms with van der Waals surface area (Å²) in [5.41, 5.74) is 3.38. The van der Waals surface area contributed by atoms with Crippen molar-refractivity contribution in [3.8, 4) is 11.1 Å². The van der Waals surface area contributed by atoms with Gasteiger partial charge >= 0.3 is 11.9 Å². The highest BCUT2D eigenvalue weighted by atomic mass is 16.4. The van der Waals surface area contributed by atoms with Gasteiger partial charge in [-0.05, 0) is 54.3 Å². The van der Waals surface area contributed by atoms with E-state index in [1.165, 1.54) is 18.2 Å². The van der Waals surface area contributed by atoms with Crippen LogP contribution >= 0.6 is 0 Å². The lowest BCUT2D eigenvalue weighted by molar-refractivity contribution is 0.0696. The maximum Gasteiger partial charge on any atom is 0.335 e. The van der Waals surface area contributed by atoms with Crippen molar-refractivity contribution < 1.29 is 19.8 Å². The molecule has 102 valence electrons. The molecule has 2 rings (SSSR count). The molecular formula is C16H14O4. The Morgan fingerprint density at radius 3 is 1.70 bits per heavy atom. The largest absolute Gasteiger partial charge is 0.478 e. The third kappa shape index (κ3) is 2.54. The molecule has 0 saturated heterocycles. The van der Waals surface area contributed by atoms with Gasteiger partial charge in [0.15, 0.2) is 0 Å². The number of hydrogen-bond donors (Lipinski definition) is 2. The van der Waals surface area contributed by atoms with Crippen LogP contribution in [0.15, 0.2) is 36.4 Å². The van der Waals surface area contributed by atoms with Crippen molar-refractivity contribution in [2.45, 2.75) is 13.8 Å². The van der Waals surface area contributed by atoms with Gasteiger partial charge in [0.25, 0.3) is 0 Å². The molecule has 0 bridgehead atoms. The number of aromatic carboxylic acids is 2. The molecule has 0 spiro atoms. The lowest BCUT2D eigenvalue weighted by atomic mass is 9.93. The van der Waals surface area contributed by atoms with E-state index >= 15 is 0 Å². The lowest BCUT2D eigenvalue weighted by Crippen LogP contribution is -2.03. The van der Waals surface area contributed by atoms with Crippen molar-refractivity contribution in [1.29, 1.82) is 0 Å². The Morgan fingerprint density at radius 1 is 0.850 bits per heavy atom. The highest BCUT2D eigenvalue weighted by Crippen LogP contribution is 2.29. The fraction of sp³-hybridized carbons (Fsp3) is 0.125. The van der Waals surface area contributed by atoms with Crippen LogP contribution in [0.25, 0.3) is 11.1 Å². The predicted octanol–water partition coefficient (Wildman–Crippen LogP) is 3.37. The van der Waals surface area contributed by atoms with Crippen molar-refractivity contribution >= 4 is 11.9 Å². The number of carboxylic acid groups (broad SMARTS) is 2. The number of benzene rings is 2. The van der Waals surface area contributed by atoms with Gasteiger partial charge in [0, 0.05) is 0 Å². The van der Waals surface area contributed by atoms with Crippen LogP contribution in [0.5, 0.6) is 0 Å². The van der Waals surface area contributed by atoms with Crippen LogP contribution in [-0.4, -0.2) is 22.2 Å². The zero-order valence-electron chi connectivity index (χ0n) is 11.2. The normalized spacial score (nSPS) is 10.3. The highest BCUT2D eigenvalue weighted by molar-refractivity contribution is 5.96. The van der Waals surface area contributed by atoms with Gasteiger partial charge in [-0.15, -0.1) is 0 Å². The third-order valence-corrected chi connectivity index (χ3v) is 3.20. The molecule has 0 aliphatic heterocycles. The van der Waals surface area contributed by atoms with E-state index in [0.717, 1.165) is 16.7 Å². The second-order valence-corrected chi connectivity index (χ2v) is 4.68. The Kier molecular flexibility index (Phi) is 3.57. The Hall–Kier alpha value is -2.62. The first-order chi connectivity index (χ1) is 9.40. The van der Waals surface area contributed by atoms with E-state index in [0.29, 0.717) is 5.56 Å². The van der Waals surface area contributed by atoms with Crippen molar-refractivity contribution in [2.24, 2.45) is 0 Å². The molecule has 0 unspecified atom stereocenters. The van der Waals surface area contributed by atoms with Crippen LogP contribution in [-0.2, 0) is 0 Å². The molecule has 4 heteroatoms. The molecule has 2 aromatic carbocycles. The minimum atomic E-state index is -1.14. The maximum absolute atomic E-state index is 11.1. The van der Waals surface area contributed by atoms with Crippen LogP contribution in [0.1, 0.15) is 31.8 Å². The zero-order chi connectivity index (χ0) is 14.9. The fourth-order valence-electron chi connectivity index (χ4n) is 2.29. The van der Waals surface area contributed by atoms with E-state index in [9.17, 15) is 9.59 Å². The molecule has 0 radical (unpaired) electrons. The molecule has 2 N–H and O–H groups in total. The minimum absolute atomic E-state index is 0.0254. The number of carbonyl (C=O) groups is 2. The summed E-state index contributed by atoms with van der Waals surface area (Å²) >= 11 is 0. The average Bonchev–Trinajstić information content (AvgIpc) is 2.38. The average molecular weight is 270 g/mol. The van der Waals surface area contributed by atoms with Gasteiger partial charge in [0.05, 0.1) is 11.1 Å². The number of carboxylic acids is 2. The molecule has 0 saturated carbocycles. The Labute approximate surface area is 116 Å². The first kappa shape index (κ1) is 13.8. The van der Waals surface area contributed by atoms with E-state index in [1.807, 2.05) is 32.0 Å². The van der Waals surface area contributed by atoms with Gasteiger partial charge in [-0.1, -0.05) is 18.2 Å². The molecule has 4 nitrogen and oxygen atoms in total. The molecule has 0 atom stereocenters. The van der Waals surface area contributed by atoms with Crippen LogP contribution in [0, 0.1) is 13.8 Å². The highest BCUT2D eigenvalue weighted by Gasteiger charge is 2.14. The summed E-state index contributed by atoms with van der Waals surface area (Å²) in [5.74, 6) is -2.28. The summed E-state index contributed by atoms with van der Waals surface area (Å²) in [5, 5.41) is 18.2. The van der Waals surface area contributed by atoms with Gasteiger partial charge in [-0.3, -0.25) is 0 Å². The molecule has 0 aliphatic rings. The van der Waals surface area contributed by atoms with E-state index in [1.54, 1.807) is 0 Å². The van der Waals surface area contributed by atoms with Gasteiger partial charge in [-0.25, -0.2) is 9.59 Å². The number of aryl methyl sites for hydroxylation is 2. The monoisotopic (exact) mass is 270 g/mol. The Bertz CT molecular complexity index is 649. The van der Waals surface area contributed by atoms with Crippen LogP contribution < -0.4 is 0 Å². The van der Waals surface area contributed by atoms with Gasteiger partial charge in [0.2, 0.25) is 0 Å². The smallest absolute Gasteiger partial charge is 0.335 e. The molecule has 0 aromatic heterocycles. The fourth-order valence-corrected chi connectivity index (χ4v) is 2.29. The summed E-state index contributed by atoms with van der Waals surface area (Å²) < 4.78 is 0. The van der Waals surface area contributed by atoms with E-state index < -0.39 is 11.9 Å². The Balaban J connectivity index is 2.74. The second kappa shape index (κ2) is 5.17. The van der Waals surface area contributed by atoms with Crippen LogP contribution in [0.2, 0.25) is 0 Å². The number of hydrogen-bond acceptors (Lipinski definition) is 2. The van der Waals surface area contributed by atoms with E-state index in [-0.39, 0.29) is 11.1 Å². The van der Waals surface area contributed by atoms with Crippen molar-refractivity contribution in [3.63, 3.8) is 0 Å². The maximum atomic E-state index is 11.1. The van der Waals surface area contributed by atoms with Crippen molar-refractivity contribution in [1.82, 2.24) is 0 Å². The summed E-state index contributed by atoms with van der Waals surface area (Å²) in [4.78, 5) is 22.3. The van der Waals surface area contributed by atoms with Crippen molar-refractivity contribution in [2.75, 3.05) is 0 Å². The van der Waals surface area contributed by atoms with Crippen molar-refractivity contribution in [3.05, 3.63) is 58.7 Å². The first-order valence-electron chi connectivity index (χ1n) is 6.08. The van der Waals surface area contributed by atoms with Gasteiger partial charge in [0.1, 0.15) is 0 Å². The molecule has 2 aromatic rings. The molecule has 0 fully saturated rings. The van der Waals surface area contributed by atoms with Crippen LogP contribution in [0.4, 0.5) is 0 Å². The summed E-state index contributed by atoms with van der Waals surface area (Å²) in [6, 6.07) is 9.91. The Morgan fingerprint density at radius 2 is 1.30 bits per heavy atom. The summed E-state index contributed by atoms with van der Waals surface area (Å²) in [6.45, 7) is 3.83. The molecule has 20 heavy (non-hydrogen) atoms. The first-order valence-corrected chi connectivity index (χ1v) is 6.08. The van der Waals surface area contributed by atoms with E-state index in [2.05, 4.69) is 0 Å². The predicted molar refractivity (Wildman–Crippen MR) is 75.3 cm³/mol. The van der Waals surface area contributed by atoms with Crippen LogP contribution in [0.3, 0.4) is 0 Å². The van der Waals surface area contributed by atoms with E-state index in [4.69, 9.17) is 10.2 Å². The molecule has 0 amide bonds.